The molecular formula is C27H36BrN3O4S. The number of methoxy groups -OCH3 is 1. The molecule has 0 radical (unpaired) electrons. The molecule has 9 heteroatoms. The normalized spacial score (nSPS) is 18.7. The first-order chi connectivity index (χ1) is 16.4. The molecule has 2 aliphatic rings. The zero-order valence-corrected chi connectivity index (χ0v) is 24.4. The maximum absolute atomic E-state index is 13.0. The van der Waals surface area contributed by atoms with E-state index in [0.29, 0.717) is 18.5 Å². The van der Waals surface area contributed by atoms with Gasteiger partial charge in [0.25, 0.3) is 0 Å². The number of ketones is 1. The number of halogens is 1. The van der Waals surface area contributed by atoms with Gasteiger partial charge in [0.15, 0.2) is 5.78 Å². The zero-order valence-electron chi connectivity index (χ0n) is 21.8. The first kappa shape index (κ1) is 28.3. The van der Waals surface area contributed by atoms with Crippen LogP contribution in [0.5, 0.6) is 5.75 Å². The van der Waals surface area contributed by atoms with Gasteiger partial charge in [0.2, 0.25) is 10.0 Å². The molecule has 4 rings (SSSR count). The SMILES string of the molecule is Br.COc1c(C(C)(C)C)cc(C2=CC=C(C)CC2=O)c2ncc(N3CC[C@H](CNS(C)(=O)=O)C3)cc12. The molecule has 1 aliphatic carbocycles. The fourth-order valence-corrected chi connectivity index (χ4v) is 5.43. The molecule has 1 fully saturated rings. The van der Waals surface area contributed by atoms with E-state index in [-0.39, 0.29) is 34.1 Å². The van der Waals surface area contributed by atoms with E-state index in [1.165, 1.54) is 6.26 Å². The van der Waals surface area contributed by atoms with Gasteiger partial charge in [-0.05, 0) is 36.8 Å². The van der Waals surface area contributed by atoms with Crippen LogP contribution in [-0.2, 0) is 20.2 Å². The van der Waals surface area contributed by atoms with Gasteiger partial charge in [-0.1, -0.05) is 38.5 Å². The van der Waals surface area contributed by atoms with Crippen LogP contribution in [0.1, 0.15) is 51.7 Å². The molecule has 1 aromatic carbocycles. The summed E-state index contributed by atoms with van der Waals surface area (Å²) in [5, 5.41) is 0.880. The number of benzene rings is 1. The highest BCUT2D eigenvalue weighted by atomic mass is 79.9. The quantitative estimate of drug-likeness (QED) is 0.530. The fraction of sp³-hybridized carbons (Fsp3) is 0.481. The lowest BCUT2D eigenvalue weighted by atomic mass is 9.81. The van der Waals surface area contributed by atoms with E-state index >= 15 is 0 Å². The Hall–Kier alpha value is -2.23. The van der Waals surface area contributed by atoms with Crippen molar-refractivity contribution in [1.29, 1.82) is 0 Å². The number of sulfonamides is 1. The second-order valence-corrected chi connectivity index (χ2v) is 12.6. The Morgan fingerprint density at radius 2 is 1.94 bits per heavy atom. The summed E-state index contributed by atoms with van der Waals surface area (Å²) in [5.74, 6) is 1.11. The van der Waals surface area contributed by atoms with E-state index in [1.54, 1.807) is 7.11 Å². The Morgan fingerprint density at radius 1 is 1.22 bits per heavy atom. The van der Waals surface area contributed by atoms with Crippen LogP contribution in [0, 0.1) is 5.92 Å². The number of hydrogen-bond acceptors (Lipinski definition) is 6. The summed E-state index contributed by atoms with van der Waals surface area (Å²) in [6, 6.07) is 4.16. The first-order valence-electron chi connectivity index (χ1n) is 12.0. The largest absolute Gasteiger partial charge is 0.496 e. The molecule has 1 aliphatic heterocycles. The van der Waals surface area contributed by atoms with Crippen molar-refractivity contribution in [1.82, 2.24) is 9.71 Å². The van der Waals surface area contributed by atoms with Crippen molar-refractivity contribution in [2.45, 2.75) is 46.0 Å². The van der Waals surface area contributed by atoms with Crippen LogP contribution in [0.2, 0.25) is 0 Å². The predicted octanol–water partition coefficient (Wildman–Crippen LogP) is 4.80. The van der Waals surface area contributed by atoms with E-state index in [4.69, 9.17) is 9.72 Å². The van der Waals surface area contributed by atoms with Gasteiger partial charge in [-0.25, -0.2) is 13.1 Å². The minimum Gasteiger partial charge on any atom is -0.496 e. The number of hydrogen-bond donors (Lipinski definition) is 1. The van der Waals surface area contributed by atoms with Crippen LogP contribution in [0.3, 0.4) is 0 Å². The number of Topliss-reactive ketones (excluding diaryl/α,β-unsaturated/α-hetero) is 1. The Morgan fingerprint density at radius 3 is 2.56 bits per heavy atom. The summed E-state index contributed by atoms with van der Waals surface area (Å²) in [6.07, 6.45) is 8.27. The highest BCUT2D eigenvalue weighted by Gasteiger charge is 2.28. The Labute approximate surface area is 224 Å². The fourth-order valence-electron chi connectivity index (χ4n) is 4.89. The van der Waals surface area contributed by atoms with Gasteiger partial charge in [0.05, 0.1) is 30.8 Å². The molecule has 1 aromatic heterocycles. The Balaban J connectivity index is 0.00000361. The summed E-state index contributed by atoms with van der Waals surface area (Å²) in [6.45, 7) is 10.4. The second kappa shape index (κ2) is 10.6. The van der Waals surface area contributed by atoms with Gasteiger partial charge >= 0.3 is 0 Å². The summed E-state index contributed by atoms with van der Waals surface area (Å²) in [5.41, 5.74) is 5.11. The van der Waals surface area contributed by atoms with Gasteiger partial charge < -0.3 is 9.64 Å². The van der Waals surface area contributed by atoms with Crippen LogP contribution in [0.15, 0.2) is 36.1 Å². The topological polar surface area (TPSA) is 88.6 Å². The lowest BCUT2D eigenvalue weighted by Crippen LogP contribution is -2.30. The number of anilines is 1. The number of allylic oxidation sites excluding steroid dienone is 4. The van der Waals surface area contributed by atoms with Crippen LogP contribution in [-0.4, -0.2) is 52.2 Å². The minimum absolute atomic E-state index is 0. The number of rotatable bonds is 6. The number of carbonyl (C=O) groups is 1. The molecule has 196 valence electrons. The van der Waals surface area contributed by atoms with Crippen molar-refractivity contribution in [3.05, 3.63) is 47.2 Å². The third-order valence-corrected chi connectivity index (χ3v) is 7.46. The Kier molecular flexibility index (Phi) is 8.37. The van der Waals surface area contributed by atoms with Gasteiger partial charge in [-0.2, -0.15) is 0 Å². The van der Waals surface area contributed by atoms with Crippen LogP contribution < -0.4 is 14.4 Å². The summed E-state index contributed by atoms with van der Waals surface area (Å²) >= 11 is 0. The van der Waals surface area contributed by atoms with Crippen molar-refractivity contribution in [3.63, 3.8) is 0 Å². The molecule has 0 bridgehead atoms. The molecule has 7 nitrogen and oxygen atoms in total. The van der Waals surface area contributed by atoms with Gasteiger partial charge in [0.1, 0.15) is 5.75 Å². The lowest BCUT2D eigenvalue weighted by Gasteiger charge is -2.26. The molecule has 0 unspecified atom stereocenters. The number of aromatic nitrogens is 1. The minimum atomic E-state index is -3.21. The molecule has 1 saturated heterocycles. The number of ether oxygens (including phenoxy) is 1. The van der Waals surface area contributed by atoms with Gasteiger partial charge in [-0.3, -0.25) is 9.78 Å². The third kappa shape index (κ3) is 6.01. The van der Waals surface area contributed by atoms with E-state index in [2.05, 4.69) is 42.5 Å². The third-order valence-electron chi connectivity index (χ3n) is 6.77. The smallest absolute Gasteiger partial charge is 0.208 e. The highest BCUT2D eigenvalue weighted by Crippen LogP contribution is 2.42. The van der Waals surface area contributed by atoms with Gasteiger partial charge in [0, 0.05) is 48.1 Å². The standard InChI is InChI=1S/C27H35N3O4S.BrH/c1-17-7-8-20(24(31)11-17)21-13-23(27(2,3)4)26(34-5)22-12-19(15-28-25(21)22)30-10-9-18(16-30)14-29-35(6,32)33;/h7-8,12-13,15,18,29H,9-11,14,16H2,1-6H3;1H/t18-;/m1./s1. The Bertz CT molecular complexity index is 1340. The molecule has 0 saturated carbocycles. The maximum atomic E-state index is 13.0. The average Bonchev–Trinajstić information content (AvgIpc) is 3.24. The molecule has 36 heavy (non-hydrogen) atoms. The van der Waals surface area contributed by atoms with Crippen molar-refractivity contribution in [2.75, 3.05) is 37.9 Å². The lowest BCUT2D eigenvalue weighted by molar-refractivity contribution is -0.113. The van der Waals surface area contributed by atoms with Crippen molar-refractivity contribution in [2.24, 2.45) is 5.92 Å². The second-order valence-electron chi connectivity index (χ2n) is 10.8. The molecule has 0 amide bonds. The highest BCUT2D eigenvalue weighted by molar-refractivity contribution is 8.93. The molecule has 2 heterocycles. The molecule has 1 N–H and O–H groups in total. The first-order valence-corrected chi connectivity index (χ1v) is 13.9. The summed E-state index contributed by atoms with van der Waals surface area (Å²) in [4.78, 5) is 20.1. The molecule has 0 spiro atoms. The molecule has 2 aromatic rings. The van der Waals surface area contributed by atoms with E-state index in [0.717, 1.165) is 58.6 Å². The monoisotopic (exact) mass is 577 g/mol. The number of nitrogens with zero attached hydrogens (tertiary/aromatic N) is 2. The van der Waals surface area contributed by atoms with Crippen molar-refractivity contribution in [3.8, 4) is 5.75 Å². The summed E-state index contributed by atoms with van der Waals surface area (Å²) in [7, 11) is -1.53. The average molecular weight is 579 g/mol. The van der Waals surface area contributed by atoms with Crippen molar-refractivity contribution >= 4 is 55.0 Å². The number of pyridine rings is 1. The number of carbonyl (C=O) groups excluding carboxylic acids is 1. The predicted molar refractivity (Wildman–Crippen MR) is 152 cm³/mol. The van der Waals surface area contributed by atoms with E-state index in [1.807, 2.05) is 25.3 Å². The van der Waals surface area contributed by atoms with Crippen molar-refractivity contribution < 1.29 is 17.9 Å². The van der Waals surface area contributed by atoms with E-state index < -0.39 is 10.0 Å². The van der Waals surface area contributed by atoms with Gasteiger partial charge in [-0.15, -0.1) is 17.0 Å². The van der Waals surface area contributed by atoms with Crippen LogP contribution in [0.4, 0.5) is 5.69 Å². The van der Waals surface area contributed by atoms with Crippen LogP contribution >= 0.6 is 17.0 Å². The zero-order chi connectivity index (χ0) is 25.5. The number of nitrogens with one attached hydrogen (secondary N) is 1. The summed E-state index contributed by atoms with van der Waals surface area (Å²) < 4.78 is 31.5. The van der Waals surface area contributed by atoms with Crippen LogP contribution in [0.25, 0.3) is 16.5 Å². The maximum Gasteiger partial charge on any atom is 0.208 e. The molecule has 1 atom stereocenters. The van der Waals surface area contributed by atoms with E-state index in [9.17, 15) is 13.2 Å². The number of fused-ring (bicyclic) bond motifs is 1. The molecular weight excluding hydrogens is 542 g/mol.